The summed E-state index contributed by atoms with van der Waals surface area (Å²) >= 11 is 0. The Hall–Kier alpha value is -3.41. The van der Waals surface area contributed by atoms with E-state index in [1.807, 2.05) is 24.3 Å². The van der Waals surface area contributed by atoms with E-state index in [-0.39, 0.29) is 11.3 Å². The Labute approximate surface area is 163 Å². The van der Waals surface area contributed by atoms with E-state index in [0.29, 0.717) is 17.0 Å². The third kappa shape index (κ3) is 4.11. The second-order valence-corrected chi connectivity index (χ2v) is 6.43. The molecule has 1 aromatic heterocycles. The number of carboxylic acid groups (broad SMARTS) is 1. The van der Waals surface area contributed by atoms with E-state index in [9.17, 15) is 9.90 Å². The summed E-state index contributed by atoms with van der Waals surface area (Å²) in [6, 6.07) is 11.9. The van der Waals surface area contributed by atoms with Crippen LogP contribution < -0.4 is 4.74 Å². The largest absolute Gasteiger partial charge is 0.507 e. The lowest BCUT2D eigenvalue weighted by molar-refractivity contribution is 0.0694. The summed E-state index contributed by atoms with van der Waals surface area (Å²) in [6.07, 6.45) is 4.62. The van der Waals surface area contributed by atoms with Gasteiger partial charge in [-0.15, -0.1) is 0 Å². The van der Waals surface area contributed by atoms with Gasteiger partial charge >= 0.3 is 5.97 Å². The van der Waals surface area contributed by atoms with Gasteiger partial charge in [0.15, 0.2) is 0 Å². The molecule has 1 heterocycles. The van der Waals surface area contributed by atoms with Crippen LogP contribution in [-0.4, -0.2) is 33.3 Å². The SMILES string of the molecule is CCCCc1cnc(-c2ccc(OC)cc2)c(-c2ccc(C(=O)O)c(O)c2)n1. The zero-order valence-corrected chi connectivity index (χ0v) is 15.8. The topological polar surface area (TPSA) is 92.5 Å². The van der Waals surface area contributed by atoms with Crippen LogP contribution in [0.4, 0.5) is 0 Å². The maximum Gasteiger partial charge on any atom is 0.339 e. The summed E-state index contributed by atoms with van der Waals surface area (Å²) in [7, 11) is 1.61. The van der Waals surface area contributed by atoms with E-state index in [0.717, 1.165) is 36.3 Å². The van der Waals surface area contributed by atoms with Crippen molar-refractivity contribution in [3.8, 4) is 34.0 Å². The first-order valence-corrected chi connectivity index (χ1v) is 9.10. The number of unbranched alkanes of at least 4 members (excludes halogenated alkanes) is 1. The molecule has 0 radical (unpaired) electrons. The van der Waals surface area contributed by atoms with Crippen molar-refractivity contribution in [2.24, 2.45) is 0 Å². The van der Waals surface area contributed by atoms with E-state index in [1.165, 1.54) is 12.1 Å². The number of aromatic hydroxyl groups is 1. The summed E-state index contributed by atoms with van der Waals surface area (Å²) in [6.45, 7) is 2.11. The minimum atomic E-state index is -1.18. The average Bonchev–Trinajstić information content (AvgIpc) is 2.71. The third-order valence-corrected chi connectivity index (χ3v) is 4.47. The van der Waals surface area contributed by atoms with Gasteiger partial charge in [0.1, 0.15) is 17.1 Å². The molecule has 0 spiro atoms. The van der Waals surface area contributed by atoms with E-state index in [1.54, 1.807) is 19.4 Å². The highest BCUT2D eigenvalue weighted by atomic mass is 16.5. The van der Waals surface area contributed by atoms with Crippen molar-refractivity contribution in [2.45, 2.75) is 26.2 Å². The number of benzene rings is 2. The van der Waals surface area contributed by atoms with E-state index >= 15 is 0 Å². The summed E-state index contributed by atoms with van der Waals surface area (Å²) in [5.41, 5.74) is 3.43. The fourth-order valence-electron chi connectivity index (χ4n) is 2.93. The van der Waals surface area contributed by atoms with Gasteiger partial charge in [-0.3, -0.25) is 4.98 Å². The van der Waals surface area contributed by atoms with Crippen LogP contribution in [-0.2, 0) is 6.42 Å². The Bertz CT molecular complexity index is 984. The Balaban J connectivity index is 2.12. The zero-order chi connectivity index (χ0) is 20.1. The molecule has 144 valence electrons. The van der Waals surface area contributed by atoms with Crippen molar-refractivity contribution in [2.75, 3.05) is 7.11 Å². The van der Waals surface area contributed by atoms with Gasteiger partial charge in [0.05, 0.1) is 24.2 Å². The van der Waals surface area contributed by atoms with Gasteiger partial charge in [0, 0.05) is 17.3 Å². The van der Waals surface area contributed by atoms with Crippen molar-refractivity contribution in [3.05, 3.63) is 59.9 Å². The predicted octanol–water partition coefficient (Wildman–Crippen LogP) is 4.57. The van der Waals surface area contributed by atoms with Crippen molar-refractivity contribution in [3.63, 3.8) is 0 Å². The molecule has 2 aromatic carbocycles. The third-order valence-electron chi connectivity index (χ3n) is 4.47. The summed E-state index contributed by atoms with van der Waals surface area (Å²) in [4.78, 5) is 20.6. The molecule has 0 atom stereocenters. The molecular formula is C22H22N2O4. The highest BCUT2D eigenvalue weighted by Gasteiger charge is 2.16. The molecule has 0 unspecified atom stereocenters. The zero-order valence-electron chi connectivity index (χ0n) is 15.8. The molecule has 3 aromatic rings. The van der Waals surface area contributed by atoms with Crippen molar-refractivity contribution in [1.29, 1.82) is 0 Å². The van der Waals surface area contributed by atoms with E-state index in [4.69, 9.17) is 14.8 Å². The fourth-order valence-corrected chi connectivity index (χ4v) is 2.93. The standard InChI is InChI=1S/C22H22N2O4/c1-3-4-5-16-13-23-20(14-6-9-17(28-2)10-7-14)21(24-16)15-8-11-18(22(26)27)19(25)12-15/h6-13,25H,3-5H2,1-2H3,(H,26,27). The molecule has 28 heavy (non-hydrogen) atoms. The minimum absolute atomic E-state index is 0.148. The number of aromatic carboxylic acids is 1. The van der Waals surface area contributed by atoms with Gasteiger partial charge in [-0.1, -0.05) is 19.4 Å². The number of methoxy groups -OCH3 is 1. The number of hydrogen-bond acceptors (Lipinski definition) is 5. The van der Waals surface area contributed by atoms with Gasteiger partial charge in [-0.25, -0.2) is 9.78 Å². The highest BCUT2D eigenvalue weighted by Crippen LogP contribution is 2.33. The van der Waals surface area contributed by atoms with Crippen LogP contribution in [0, 0.1) is 0 Å². The number of phenols is 1. The first-order valence-electron chi connectivity index (χ1n) is 9.10. The van der Waals surface area contributed by atoms with Crippen LogP contribution in [0.25, 0.3) is 22.5 Å². The minimum Gasteiger partial charge on any atom is -0.507 e. The summed E-state index contributed by atoms with van der Waals surface area (Å²) in [5, 5.41) is 19.3. The fraction of sp³-hybridized carbons (Fsp3) is 0.227. The Morgan fingerprint density at radius 1 is 1.07 bits per heavy atom. The maximum absolute atomic E-state index is 11.2. The normalized spacial score (nSPS) is 10.6. The number of nitrogens with zero attached hydrogens (tertiary/aromatic N) is 2. The quantitative estimate of drug-likeness (QED) is 0.626. The van der Waals surface area contributed by atoms with E-state index in [2.05, 4.69) is 11.9 Å². The molecule has 0 bridgehead atoms. The van der Waals surface area contributed by atoms with E-state index < -0.39 is 5.97 Å². The second kappa shape index (κ2) is 8.52. The van der Waals surface area contributed by atoms with Gasteiger partial charge in [0.2, 0.25) is 0 Å². The lowest BCUT2D eigenvalue weighted by atomic mass is 10.0. The summed E-state index contributed by atoms with van der Waals surface area (Å²) in [5.74, 6) is -0.741. The van der Waals surface area contributed by atoms with Crippen LogP contribution in [0.3, 0.4) is 0 Å². The number of aryl methyl sites for hydroxylation is 1. The molecular weight excluding hydrogens is 356 g/mol. The number of aromatic nitrogens is 2. The molecule has 0 aliphatic carbocycles. The smallest absolute Gasteiger partial charge is 0.339 e. The molecule has 6 nitrogen and oxygen atoms in total. The highest BCUT2D eigenvalue weighted by molar-refractivity contribution is 5.92. The number of carboxylic acids is 1. The molecule has 6 heteroatoms. The van der Waals surface area contributed by atoms with Crippen molar-refractivity contribution < 1.29 is 19.7 Å². The van der Waals surface area contributed by atoms with Crippen LogP contribution >= 0.6 is 0 Å². The van der Waals surface area contributed by atoms with Crippen molar-refractivity contribution >= 4 is 5.97 Å². The van der Waals surface area contributed by atoms with Crippen molar-refractivity contribution in [1.82, 2.24) is 9.97 Å². The Morgan fingerprint density at radius 2 is 1.79 bits per heavy atom. The monoisotopic (exact) mass is 378 g/mol. The predicted molar refractivity (Wildman–Crippen MR) is 107 cm³/mol. The number of carbonyl (C=O) groups is 1. The lowest BCUT2D eigenvalue weighted by Gasteiger charge is -2.12. The molecule has 0 saturated carbocycles. The molecule has 0 saturated heterocycles. The first-order chi connectivity index (χ1) is 13.5. The number of hydrogen-bond donors (Lipinski definition) is 2. The summed E-state index contributed by atoms with van der Waals surface area (Å²) < 4.78 is 5.21. The molecule has 0 aliphatic heterocycles. The molecule has 2 N–H and O–H groups in total. The van der Waals surface area contributed by atoms with Gasteiger partial charge < -0.3 is 14.9 Å². The second-order valence-electron chi connectivity index (χ2n) is 6.43. The van der Waals surface area contributed by atoms with Gasteiger partial charge in [-0.05, 0) is 49.2 Å². The number of ether oxygens (including phenoxy) is 1. The average molecular weight is 378 g/mol. The molecule has 0 aliphatic rings. The molecule has 3 rings (SSSR count). The lowest BCUT2D eigenvalue weighted by Crippen LogP contribution is -2.00. The van der Waals surface area contributed by atoms with Crippen LogP contribution in [0.15, 0.2) is 48.7 Å². The van der Waals surface area contributed by atoms with Gasteiger partial charge in [0.25, 0.3) is 0 Å². The van der Waals surface area contributed by atoms with Crippen LogP contribution in [0.5, 0.6) is 11.5 Å². The van der Waals surface area contributed by atoms with Gasteiger partial charge in [-0.2, -0.15) is 0 Å². The molecule has 0 amide bonds. The number of rotatable bonds is 7. The van der Waals surface area contributed by atoms with Crippen LogP contribution in [0.2, 0.25) is 0 Å². The first kappa shape index (κ1) is 19.4. The Morgan fingerprint density at radius 3 is 2.39 bits per heavy atom. The maximum atomic E-state index is 11.2. The Kier molecular flexibility index (Phi) is 5.89. The molecule has 0 fully saturated rings. The van der Waals surface area contributed by atoms with Crippen LogP contribution in [0.1, 0.15) is 35.8 Å².